The first-order chi connectivity index (χ1) is 9.68. The summed E-state index contributed by atoms with van der Waals surface area (Å²) >= 11 is 0. The van der Waals surface area contributed by atoms with Gasteiger partial charge in [-0.05, 0) is 31.2 Å². The quantitative estimate of drug-likeness (QED) is 0.502. The lowest BCUT2D eigenvalue weighted by atomic mass is 9.97. The van der Waals surface area contributed by atoms with Crippen molar-refractivity contribution in [2.75, 3.05) is 0 Å². The number of hydrogen-bond donors (Lipinski definition) is 0. The Morgan fingerprint density at radius 2 is 1.80 bits per heavy atom. The van der Waals surface area contributed by atoms with Crippen LogP contribution in [0.1, 0.15) is 64.4 Å². The SMILES string of the molecule is CC(=O)C[C@H](C)CCCCCCC=Cc1ccccc1. The van der Waals surface area contributed by atoms with Crippen molar-refractivity contribution in [2.45, 2.75) is 58.8 Å². The van der Waals surface area contributed by atoms with Crippen molar-refractivity contribution in [3.05, 3.63) is 42.0 Å². The van der Waals surface area contributed by atoms with Crippen LogP contribution in [0.5, 0.6) is 0 Å². The molecule has 0 bridgehead atoms. The molecule has 0 saturated heterocycles. The monoisotopic (exact) mass is 272 g/mol. The van der Waals surface area contributed by atoms with Crippen LogP contribution in [0.15, 0.2) is 36.4 Å². The normalized spacial score (nSPS) is 12.7. The molecule has 0 heterocycles. The number of benzene rings is 1. The van der Waals surface area contributed by atoms with E-state index in [0.717, 1.165) is 12.8 Å². The number of unbranched alkanes of at least 4 members (excludes halogenated alkanes) is 4. The molecular formula is C19H28O. The van der Waals surface area contributed by atoms with E-state index < -0.39 is 0 Å². The summed E-state index contributed by atoms with van der Waals surface area (Å²) < 4.78 is 0. The lowest BCUT2D eigenvalue weighted by Gasteiger charge is -2.08. The molecule has 0 aromatic heterocycles. The van der Waals surface area contributed by atoms with E-state index in [1.54, 1.807) is 6.92 Å². The van der Waals surface area contributed by atoms with Crippen molar-refractivity contribution >= 4 is 11.9 Å². The van der Waals surface area contributed by atoms with Gasteiger partial charge in [-0.2, -0.15) is 0 Å². The first-order valence-electron chi connectivity index (χ1n) is 7.89. The summed E-state index contributed by atoms with van der Waals surface area (Å²) in [6.45, 7) is 3.87. The molecule has 0 N–H and O–H groups in total. The predicted octanol–water partition coefficient (Wildman–Crippen LogP) is 5.66. The predicted molar refractivity (Wildman–Crippen MR) is 87.6 cm³/mol. The minimum Gasteiger partial charge on any atom is -0.300 e. The summed E-state index contributed by atoms with van der Waals surface area (Å²) in [6.07, 6.45) is 12.7. The molecule has 0 aliphatic carbocycles. The Balaban J connectivity index is 1.97. The number of rotatable bonds is 10. The molecule has 1 aromatic rings. The standard InChI is InChI=1S/C19H28O/c1-17(16-18(2)20)12-8-5-3-4-6-9-13-19-14-10-7-11-15-19/h7,9-11,13-15,17H,3-6,8,12,16H2,1-2H3/t17-/m1/s1. The Morgan fingerprint density at radius 1 is 1.10 bits per heavy atom. The van der Waals surface area contributed by atoms with E-state index in [2.05, 4.69) is 43.3 Å². The second-order valence-corrected chi connectivity index (χ2v) is 5.82. The maximum Gasteiger partial charge on any atom is 0.130 e. The molecular weight excluding hydrogens is 244 g/mol. The summed E-state index contributed by atoms with van der Waals surface area (Å²) in [5.74, 6) is 0.883. The fraction of sp³-hybridized carbons (Fsp3) is 0.526. The average Bonchev–Trinajstić information content (AvgIpc) is 2.42. The third-order valence-corrected chi connectivity index (χ3v) is 3.56. The minimum atomic E-state index is 0.323. The smallest absolute Gasteiger partial charge is 0.130 e. The van der Waals surface area contributed by atoms with Crippen LogP contribution >= 0.6 is 0 Å². The molecule has 110 valence electrons. The van der Waals surface area contributed by atoms with Gasteiger partial charge in [0, 0.05) is 6.42 Å². The van der Waals surface area contributed by atoms with Gasteiger partial charge < -0.3 is 4.79 Å². The average molecular weight is 272 g/mol. The van der Waals surface area contributed by atoms with Gasteiger partial charge >= 0.3 is 0 Å². The topological polar surface area (TPSA) is 17.1 Å². The minimum absolute atomic E-state index is 0.323. The first-order valence-corrected chi connectivity index (χ1v) is 7.89. The maximum atomic E-state index is 11.0. The molecule has 1 rings (SSSR count). The molecule has 0 unspecified atom stereocenters. The fourth-order valence-electron chi connectivity index (χ4n) is 2.48. The number of allylic oxidation sites excluding steroid dienone is 1. The first kappa shape index (κ1) is 16.7. The summed E-state index contributed by atoms with van der Waals surface area (Å²) in [4.78, 5) is 11.0. The Labute approximate surface area is 124 Å². The van der Waals surface area contributed by atoms with Gasteiger partial charge in [0.05, 0.1) is 0 Å². The molecule has 0 amide bonds. The molecule has 0 aliphatic heterocycles. The van der Waals surface area contributed by atoms with Gasteiger partial charge in [-0.25, -0.2) is 0 Å². The van der Waals surface area contributed by atoms with Crippen molar-refractivity contribution in [1.29, 1.82) is 0 Å². The van der Waals surface area contributed by atoms with Crippen LogP contribution in [-0.4, -0.2) is 5.78 Å². The van der Waals surface area contributed by atoms with Crippen molar-refractivity contribution in [3.8, 4) is 0 Å². The van der Waals surface area contributed by atoms with E-state index in [-0.39, 0.29) is 0 Å². The van der Waals surface area contributed by atoms with E-state index in [9.17, 15) is 4.79 Å². The number of carbonyl (C=O) groups is 1. The zero-order valence-electron chi connectivity index (χ0n) is 13.0. The van der Waals surface area contributed by atoms with Crippen LogP contribution in [0.25, 0.3) is 6.08 Å². The van der Waals surface area contributed by atoms with E-state index >= 15 is 0 Å². The molecule has 1 aromatic carbocycles. The van der Waals surface area contributed by atoms with Gasteiger partial charge in [-0.15, -0.1) is 0 Å². The van der Waals surface area contributed by atoms with Gasteiger partial charge in [0.1, 0.15) is 5.78 Å². The van der Waals surface area contributed by atoms with Crippen LogP contribution in [0.2, 0.25) is 0 Å². The molecule has 1 atom stereocenters. The second-order valence-electron chi connectivity index (χ2n) is 5.82. The van der Waals surface area contributed by atoms with Crippen LogP contribution in [-0.2, 0) is 4.79 Å². The Kier molecular flexibility index (Phi) is 8.69. The van der Waals surface area contributed by atoms with Gasteiger partial charge in [-0.1, -0.05) is 75.1 Å². The Bertz CT molecular complexity index is 391. The van der Waals surface area contributed by atoms with Gasteiger partial charge in [0.2, 0.25) is 0 Å². The largest absolute Gasteiger partial charge is 0.300 e. The molecule has 0 aliphatic rings. The molecule has 0 saturated carbocycles. The van der Waals surface area contributed by atoms with Crippen molar-refractivity contribution in [3.63, 3.8) is 0 Å². The highest BCUT2D eigenvalue weighted by molar-refractivity contribution is 5.75. The molecule has 0 spiro atoms. The molecule has 0 fully saturated rings. The highest BCUT2D eigenvalue weighted by atomic mass is 16.1. The van der Waals surface area contributed by atoms with E-state index in [1.165, 1.54) is 37.7 Å². The zero-order chi connectivity index (χ0) is 14.6. The molecule has 20 heavy (non-hydrogen) atoms. The van der Waals surface area contributed by atoms with Crippen molar-refractivity contribution in [2.24, 2.45) is 5.92 Å². The molecule has 1 heteroatoms. The molecule has 1 nitrogen and oxygen atoms in total. The lowest BCUT2D eigenvalue weighted by Crippen LogP contribution is -2.01. The van der Waals surface area contributed by atoms with Crippen LogP contribution in [0, 0.1) is 5.92 Å². The number of Topliss-reactive ketones (excluding diaryl/α,β-unsaturated/α-hetero) is 1. The van der Waals surface area contributed by atoms with E-state index in [4.69, 9.17) is 0 Å². The van der Waals surface area contributed by atoms with Gasteiger partial charge in [-0.3, -0.25) is 0 Å². The Morgan fingerprint density at radius 3 is 2.50 bits per heavy atom. The lowest BCUT2D eigenvalue weighted by molar-refractivity contribution is -0.117. The highest BCUT2D eigenvalue weighted by Gasteiger charge is 2.04. The second kappa shape index (κ2) is 10.4. The third kappa shape index (κ3) is 8.68. The number of carbonyl (C=O) groups excluding carboxylic acids is 1. The number of hydrogen-bond acceptors (Lipinski definition) is 1. The van der Waals surface area contributed by atoms with E-state index in [1.807, 2.05) is 6.07 Å². The summed E-state index contributed by atoms with van der Waals surface area (Å²) in [6, 6.07) is 10.5. The van der Waals surface area contributed by atoms with Crippen molar-refractivity contribution in [1.82, 2.24) is 0 Å². The van der Waals surface area contributed by atoms with Crippen LogP contribution in [0.3, 0.4) is 0 Å². The number of ketones is 1. The molecule has 0 radical (unpaired) electrons. The third-order valence-electron chi connectivity index (χ3n) is 3.56. The summed E-state index contributed by atoms with van der Waals surface area (Å²) in [7, 11) is 0. The zero-order valence-corrected chi connectivity index (χ0v) is 13.0. The van der Waals surface area contributed by atoms with Gasteiger partial charge in [0.25, 0.3) is 0 Å². The summed E-state index contributed by atoms with van der Waals surface area (Å²) in [5, 5.41) is 0. The fourth-order valence-corrected chi connectivity index (χ4v) is 2.48. The van der Waals surface area contributed by atoms with Crippen molar-refractivity contribution < 1.29 is 4.79 Å². The van der Waals surface area contributed by atoms with Crippen LogP contribution in [0.4, 0.5) is 0 Å². The van der Waals surface area contributed by atoms with E-state index in [0.29, 0.717) is 11.7 Å². The maximum absolute atomic E-state index is 11.0. The Hall–Kier alpha value is -1.37. The van der Waals surface area contributed by atoms with Gasteiger partial charge in [0.15, 0.2) is 0 Å². The highest BCUT2D eigenvalue weighted by Crippen LogP contribution is 2.14. The summed E-state index contributed by atoms with van der Waals surface area (Å²) in [5.41, 5.74) is 1.28. The van der Waals surface area contributed by atoms with Crippen LogP contribution < -0.4 is 0 Å².